The van der Waals surface area contributed by atoms with Crippen LogP contribution in [0.5, 0.6) is 0 Å². The lowest BCUT2D eigenvalue weighted by Gasteiger charge is -2.19. The highest BCUT2D eigenvalue weighted by molar-refractivity contribution is 5.80. The maximum Gasteiger partial charge on any atom is 0.234 e. The number of hydrogen-bond acceptors (Lipinski definition) is 3. The monoisotopic (exact) mass is 231 g/mol. The van der Waals surface area contributed by atoms with Gasteiger partial charge in [-0.05, 0) is 17.5 Å². The molecule has 1 aromatic carbocycles. The molecule has 1 aromatic rings. The first-order chi connectivity index (χ1) is 8.06. The zero-order valence-electron chi connectivity index (χ0n) is 10.1. The number of nitriles is 1. The number of nitrogens with zero attached hydrogens (tertiary/aromatic N) is 1. The van der Waals surface area contributed by atoms with Gasteiger partial charge in [-0.25, -0.2) is 0 Å². The molecule has 0 aromatic heterocycles. The summed E-state index contributed by atoms with van der Waals surface area (Å²) in [5.41, 5.74) is 6.80. The molecule has 1 rings (SSSR count). The van der Waals surface area contributed by atoms with Crippen molar-refractivity contribution in [2.24, 2.45) is 11.7 Å². The summed E-state index contributed by atoms with van der Waals surface area (Å²) in [6, 6.07) is 9.05. The molecule has 0 saturated heterocycles. The number of rotatable bonds is 5. The summed E-state index contributed by atoms with van der Waals surface area (Å²) >= 11 is 0. The number of amides is 1. The van der Waals surface area contributed by atoms with Crippen molar-refractivity contribution in [2.45, 2.75) is 26.4 Å². The molecule has 0 spiro atoms. The lowest BCUT2D eigenvalue weighted by atomic mass is 10.0. The van der Waals surface area contributed by atoms with E-state index in [0.717, 1.165) is 5.56 Å². The van der Waals surface area contributed by atoms with Crippen LogP contribution in [0.25, 0.3) is 0 Å². The van der Waals surface area contributed by atoms with Crippen LogP contribution in [0.1, 0.15) is 25.0 Å². The first kappa shape index (κ1) is 13.2. The standard InChI is InChI=1S/C13H17N3O/c1-9(2)12(13(15)17)16-8-11-6-4-3-5-10(11)7-14/h3-6,9,12,16H,8H2,1-2H3,(H2,15,17). The summed E-state index contributed by atoms with van der Waals surface area (Å²) in [5.74, 6) is -0.240. The van der Waals surface area contributed by atoms with Crippen molar-refractivity contribution in [2.75, 3.05) is 0 Å². The largest absolute Gasteiger partial charge is 0.368 e. The van der Waals surface area contributed by atoms with E-state index < -0.39 is 0 Å². The van der Waals surface area contributed by atoms with Gasteiger partial charge in [-0.1, -0.05) is 32.0 Å². The number of nitrogens with two attached hydrogens (primary N) is 1. The van der Waals surface area contributed by atoms with Gasteiger partial charge in [-0.15, -0.1) is 0 Å². The summed E-state index contributed by atoms with van der Waals surface area (Å²) in [7, 11) is 0. The molecule has 0 aliphatic carbocycles. The van der Waals surface area contributed by atoms with Gasteiger partial charge in [0.05, 0.1) is 17.7 Å². The minimum absolute atomic E-state index is 0.127. The van der Waals surface area contributed by atoms with Crippen LogP contribution in [0.15, 0.2) is 24.3 Å². The molecule has 0 aliphatic rings. The van der Waals surface area contributed by atoms with E-state index in [9.17, 15) is 4.79 Å². The number of carbonyl (C=O) groups is 1. The van der Waals surface area contributed by atoms with Gasteiger partial charge >= 0.3 is 0 Å². The van der Waals surface area contributed by atoms with Gasteiger partial charge in [0.25, 0.3) is 0 Å². The second-order valence-corrected chi connectivity index (χ2v) is 4.27. The fourth-order valence-corrected chi connectivity index (χ4v) is 1.67. The molecule has 0 fully saturated rings. The third kappa shape index (κ3) is 3.58. The highest BCUT2D eigenvalue weighted by Crippen LogP contribution is 2.08. The van der Waals surface area contributed by atoms with Crippen molar-refractivity contribution in [3.05, 3.63) is 35.4 Å². The highest BCUT2D eigenvalue weighted by atomic mass is 16.1. The van der Waals surface area contributed by atoms with E-state index in [0.29, 0.717) is 12.1 Å². The van der Waals surface area contributed by atoms with Crippen molar-refractivity contribution in [1.82, 2.24) is 5.32 Å². The summed E-state index contributed by atoms with van der Waals surface area (Å²) < 4.78 is 0. The quantitative estimate of drug-likeness (QED) is 0.798. The molecule has 17 heavy (non-hydrogen) atoms. The van der Waals surface area contributed by atoms with E-state index in [4.69, 9.17) is 11.0 Å². The molecule has 3 N–H and O–H groups in total. The van der Waals surface area contributed by atoms with Crippen LogP contribution in [0, 0.1) is 17.2 Å². The number of carbonyl (C=O) groups excluding carboxylic acids is 1. The molecule has 0 heterocycles. The Morgan fingerprint density at radius 3 is 2.65 bits per heavy atom. The molecule has 4 heteroatoms. The Morgan fingerprint density at radius 2 is 2.12 bits per heavy atom. The normalized spacial score (nSPS) is 12.1. The fourth-order valence-electron chi connectivity index (χ4n) is 1.67. The minimum Gasteiger partial charge on any atom is -0.368 e. The molecule has 0 bridgehead atoms. The molecule has 0 aliphatic heterocycles. The molecule has 90 valence electrons. The van der Waals surface area contributed by atoms with Crippen LogP contribution in [0.4, 0.5) is 0 Å². The van der Waals surface area contributed by atoms with E-state index in [2.05, 4.69) is 11.4 Å². The number of hydrogen-bond donors (Lipinski definition) is 2. The summed E-state index contributed by atoms with van der Waals surface area (Å²) in [6.45, 7) is 4.33. The van der Waals surface area contributed by atoms with Crippen molar-refractivity contribution >= 4 is 5.91 Å². The van der Waals surface area contributed by atoms with Crippen LogP contribution < -0.4 is 11.1 Å². The minimum atomic E-state index is -0.373. The second-order valence-electron chi connectivity index (χ2n) is 4.27. The van der Waals surface area contributed by atoms with Crippen LogP contribution in [-0.4, -0.2) is 11.9 Å². The SMILES string of the molecule is CC(C)C(NCc1ccccc1C#N)C(N)=O. The van der Waals surface area contributed by atoms with Gasteiger partial charge in [0.15, 0.2) is 0 Å². The van der Waals surface area contributed by atoms with E-state index >= 15 is 0 Å². The van der Waals surface area contributed by atoms with Gasteiger partial charge < -0.3 is 11.1 Å². The summed E-state index contributed by atoms with van der Waals surface area (Å²) in [6.07, 6.45) is 0. The van der Waals surface area contributed by atoms with Gasteiger partial charge in [-0.2, -0.15) is 5.26 Å². The molecule has 1 amide bonds. The number of nitrogens with one attached hydrogen (secondary N) is 1. The Labute approximate surface area is 101 Å². The third-order valence-electron chi connectivity index (χ3n) is 2.62. The maximum absolute atomic E-state index is 11.2. The molecule has 0 saturated carbocycles. The van der Waals surface area contributed by atoms with Gasteiger partial charge in [-0.3, -0.25) is 4.79 Å². The smallest absolute Gasteiger partial charge is 0.234 e. The first-order valence-corrected chi connectivity index (χ1v) is 5.57. The zero-order chi connectivity index (χ0) is 12.8. The first-order valence-electron chi connectivity index (χ1n) is 5.57. The fraction of sp³-hybridized carbons (Fsp3) is 0.385. The molecular weight excluding hydrogens is 214 g/mol. The van der Waals surface area contributed by atoms with Crippen molar-refractivity contribution in [3.63, 3.8) is 0 Å². The molecule has 1 atom stereocenters. The molecule has 1 unspecified atom stereocenters. The maximum atomic E-state index is 11.2. The Morgan fingerprint density at radius 1 is 1.47 bits per heavy atom. The topological polar surface area (TPSA) is 78.9 Å². The summed E-state index contributed by atoms with van der Waals surface area (Å²) in [4.78, 5) is 11.2. The molecule has 4 nitrogen and oxygen atoms in total. The third-order valence-corrected chi connectivity index (χ3v) is 2.62. The predicted molar refractivity (Wildman–Crippen MR) is 65.8 cm³/mol. The zero-order valence-corrected chi connectivity index (χ0v) is 10.1. The van der Waals surface area contributed by atoms with Crippen LogP contribution in [0.3, 0.4) is 0 Å². The highest BCUT2D eigenvalue weighted by Gasteiger charge is 2.18. The van der Waals surface area contributed by atoms with Crippen LogP contribution in [0.2, 0.25) is 0 Å². The Bertz CT molecular complexity index is 435. The Kier molecular flexibility index (Phi) is 4.68. The van der Waals surface area contributed by atoms with E-state index in [1.807, 2.05) is 32.0 Å². The van der Waals surface area contributed by atoms with Crippen molar-refractivity contribution < 1.29 is 4.79 Å². The second kappa shape index (κ2) is 6.02. The number of benzene rings is 1. The van der Waals surface area contributed by atoms with Crippen LogP contribution in [-0.2, 0) is 11.3 Å². The van der Waals surface area contributed by atoms with E-state index in [1.165, 1.54) is 0 Å². The van der Waals surface area contributed by atoms with Crippen molar-refractivity contribution in [3.8, 4) is 6.07 Å². The average Bonchev–Trinajstić information content (AvgIpc) is 2.29. The Balaban J connectivity index is 2.73. The van der Waals surface area contributed by atoms with Gasteiger partial charge in [0.1, 0.15) is 0 Å². The van der Waals surface area contributed by atoms with Gasteiger partial charge in [0, 0.05) is 6.54 Å². The van der Waals surface area contributed by atoms with E-state index in [1.54, 1.807) is 6.07 Å². The predicted octanol–water partition coefficient (Wildman–Crippen LogP) is 1.16. The number of primary amides is 1. The lowest BCUT2D eigenvalue weighted by molar-refractivity contribution is -0.121. The Hall–Kier alpha value is -1.86. The lowest BCUT2D eigenvalue weighted by Crippen LogP contribution is -2.44. The summed E-state index contributed by atoms with van der Waals surface area (Å²) in [5, 5.41) is 12.0. The van der Waals surface area contributed by atoms with Gasteiger partial charge in [0.2, 0.25) is 5.91 Å². The van der Waals surface area contributed by atoms with Crippen molar-refractivity contribution in [1.29, 1.82) is 5.26 Å². The van der Waals surface area contributed by atoms with Crippen LogP contribution >= 0.6 is 0 Å². The van der Waals surface area contributed by atoms with E-state index in [-0.39, 0.29) is 17.9 Å². The average molecular weight is 231 g/mol. The molecule has 0 radical (unpaired) electrons. The molecular formula is C13H17N3O.